The number of benzene rings is 1. The maximum atomic E-state index is 14.6. The van der Waals surface area contributed by atoms with Gasteiger partial charge in [-0.3, -0.25) is 4.98 Å². The molecule has 4 rings (SSSR count). The van der Waals surface area contributed by atoms with Gasteiger partial charge in [0.25, 0.3) is 0 Å². The highest BCUT2D eigenvalue weighted by Gasteiger charge is 2.33. The molecule has 0 radical (unpaired) electrons. The molecule has 2 heterocycles. The number of nitrogens with zero attached hydrogens (tertiary/aromatic N) is 3. The number of phenolic OH excluding ortho intramolecular Hbond substituents is 1. The topological polar surface area (TPSA) is 91.2 Å². The van der Waals surface area contributed by atoms with Crippen LogP contribution in [0.25, 0.3) is 22.0 Å². The summed E-state index contributed by atoms with van der Waals surface area (Å²) in [5, 5.41) is 32.3. The van der Waals surface area contributed by atoms with E-state index >= 15 is 0 Å². The summed E-state index contributed by atoms with van der Waals surface area (Å²) in [6.07, 6.45) is 0.798. The van der Waals surface area contributed by atoms with Crippen LogP contribution in [-0.2, 0) is 6.18 Å². The molecule has 10 heteroatoms. The van der Waals surface area contributed by atoms with Gasteiger partial charge in [-0.25, -0.2) is 4.39 Å². The molecular formula is C20H18F4N4O2. The van der Waals surface area contributed by atoms with Crippen LogP contribution in [0.2, 0.25) is 0 Å². The SMILES string of the molecule is Oc1cc(C(F)(F)F)cc(F)c1-c1nnc(N[C@H]2CCCC[C@@H]2O)c2cnccc12. The van der Waals surface area contributed by atoms with E-state index < -0.39 is 35.0 Å². The van der Waals surface area contributed by atoms with Crippen molar-refractivity contribution in [3.05, 3.63) is 42.0 Å². The van der Waals surface area contributed by atoms with Crippen LogP contribution in [0.15, 0.2) is 30.6 Å². The second kappa shape index (κ2) is 7.67. The molecule has 0 amide bonds. The minimum Gasteiger partial charge on any atom is -0.507 e. The summed E-state index contributed by atoms with van der Waals surface area (Å²) in [5.41, 5.74) is -1.88. The fraction of sp³-hybridized carbons (Fsp3) is 0.350. The third-order valence-electron chi connectivity index (χ3n) is 5.27. The largest absolute Gasteiger partial charge is 0.507 e. The number of hydrogen-bond acceptors (Lipinski definition) is 6. The van der Waals surface area contributed by atoms with Gasteiger partial charge in [0.15, 0.2) is 5.82 Å². The van der Waals surface area contributed by atoms with E-state index in [9.17, 15) is 27.8 Å². The lowest BCUT2D eigenvalue weighted by atomic mass is 9.92. The van der Waals surface area contributed by atoms with Crippen molar-refractivity contribution in [1.82, 2.24) is 15.2 Å². The lowest BCUT2D eigenvalue weighted by Gasteiger charge is -2.29. The third-order valence-corrected chi connectivity index (χ3v) is 5.27. The van der Waals surface area contributed by atoms with E-state index in [0.29, 0.717) is 35.1 Å². The summed E-state index contributed by atoms with van der Waals surface area (Å²) >= 11 is 0. The van der Waals surface area contributed by atoms with Gasteiger partial charge in [-0.05, 0) is 31.0 Å². The van der Waals surface area contributed by atoms with E-state index in [1.54, 1.807) is 0 Å². The number of aromatic hydroxyl groups is 1. The Morgan fingerprint density at radius 3 is 2.53 bits per heavy atom. The monoisotopic (exact) mass is 422 g/mol. The van der Waals surface area contributed by atoms with Crippen molar-refractivity contribution in [2.75, 3.05) is 5.32 Å². The van der Waals surface area contributed by atoms with Gasteiger partial charge in [-0.15, -0.1) is 10.2 Å². The van der Waals surface area contributed by atoms with Crippen LogP contribution < -0.4 is 5.32 Å². The minimum atomic E-state index is -4.80. The maximum absolute atomic E-state index is 14.6. The Morgan fingerprint density at radius 1 is 1.07 bits per heavy atom. The van der Waals surface area contributed by atoms with E-state index in [1.165, 1.54) is 18.5 Å². The minimum absolute atomic E-state index is 0.106. The second-order valence-electron chi connectivity index (χ2n) is 7.27. The molecule has 3 N–H and O–H groups in total. The van der Waals surface area contributed by atoms with Gasteiger partial charge >= 0.3 is 6.18 Å². The summed E-state index contributed by atoms with van der Waals surface area (Å²) in [6, 6.07) is 2.04. The number of aliphatic hydroxyl groups excluding tert-OH is 1. The van der Waals surface area contributed by atoms with Gasteiger partial charge in [-0.1, -0.05) is 12.8 Å². The van der Waals surface area contributed by atoms with Gasteiger partial charge in [0, 0.05) is 23.2 Å². The molecule has 2 atom stereocenters. The van der Waals surface area contributed by atoms with Crippen molar-refractivity contribution in [1.29, 1.82) is 0 Å². The highest BCUT2D eigenvalue weighted by molar-refractivity contribution is 6.00. The van der Waals surface area contributed by atoms with Crippen LogP contribution in [0, 0.1) is 5.82 Å². The number of anilines is 1. The predicted octanol–water partition coefficient (Wildman–Crippen LogP) is 4.27. The number of phenols is 1. The second-order valence-corrected chi connectivity index (χ2v) is 7.27. The van der Waals surface area contributed by atoms with Crippen molar-refractivity contribution in [3.8, 4) is 17.0 Å². The lowest BCUT2D eigenvalue weighted by molar-refractivity contribution is -0.137. The van der Waals surface area contributed by atoms with Crippen molar-refractivity contribution >= 4 is 16.6 Å². The zero-order valence-electron chi connectivity index (χ0n) is 15.6. The first-order valence-electron chi connectivity index (χ1n) is 9.41. The average Bonchev–Trinajstić information content (AvgIpc) is 2.70. The fourth-order valence-electron chi connectivity index (χ4n) is 3.73. The number of aromatic nitrogens is 3. The average molecular weight is 422 g/mol. The van der Waals surface area contributed by atoms with E-state index in [2.05, 4.69) is 20.5 Å². The molecule has 1 aliphatic carbocycles. The van der Waals surface area contributed by atoms with Crippen LogP contribution in [0.5, 0.6) is 5.75 Å². The first kappa shape index (κ1) is 20.3. The number of hydrogen-bond donors (Lipinski definition) is 3. The Labute approximate surface area is 168 Å². The Kier molecular flexibility index (Phi) is 5.19. The molecule has 30 heavy (non-hydrogen) atoms. The van der Waals surface area contributed by atoms with Gasteiger partial charge < -0.3 is 15.5 Å². The van der Waals surface area contributed by atoms with Crippen LogP contribution in [0.4, 0.5) is 23.4 Å². The highest BCUT2D eigenvalue weighted by atomic mass is 19.4. The Balaban J connectivity index is 1.81. The van der Waals surface area contributed by atoms with Crippen LogP contribution in [-0.4, -0.2) is 37.5 Å². The fourth-order valence-corrected chi connectivity index (χ4v) is 3.73. The molecule has 158 valence electrons. The number of nitrogens with one attached hydrogen (secondary N) is 1. The van der Waals surface area contributed by atoms with Crippen LogP contribution in [0.1, 0.15) is 31.2 Å². The third kappa shape index (κ3) is 3.74. The zero-order valence-corrected chi connectivity index (χ0v) is 15.6. The molecule has 0 bridgehead atoms. The number of aliphatic hydroxyl groups is 1. The molecule has 0 spiro atoms. The maximum Gasteiger partial charge on any atom is 0.416 e. The Bertz CT molecular complexity index is 1070. The van der Waals surface area contributed by atoms with Crippen molar-refractivity contribution in [3.63, 3.8) is 0 Å². The summed E-state index contributed by atoms with van der Waals surface area (Å²) in [6.45, 7) is 0. The van der Waals surface area contributed by atoms with Crippen LogP contribution in [0.3, 0.4) is 0 Å². The molecule has 0 aliphatic heterocycles. The van der Waals surface area contributed by atoms with Crippen molar-refractivity contribution in [2.45, 2.75) is 44.0 Å². The number of fused-ring (bicyclic) bond motifs is 1. The summed E-state index contributed by atoms with van der Waals surface area (Å²) in [7, 11) is 0. The molecule has 0 unspecified atom stereocenters. The quantitative estimate of drug-likeness (QED) is 0.546. The molecule has 3 aromatic rings. The summed E-state index contributed by atoms with van der Waals surface area (Å²) in [4.78, 5) is 4.04. The van der Waals surface area contributed by atoms with Gasteiger partial charge in [0.2, 0.25) is 0 Å². The smallest absolute Gasteiger partial charge is 0.416 e. The number of pyridine rings is 1. The standard InChI is InChI=1S/C20H18F4N4O2/c21-13-7-10(20(22,23)24)8-16(30)17(13)18-11-5-6-25-9-12(11)19(28-27-18)26-14-3-1-2-4-15(14)29/h5-9,14-15,29-30H,1-4H2,(H,26,28)/t14-,15-/m0/s1. The summed E-state index contributed by atoms with van der Waals surface area (Å²) < 4.78 is 53.3. The molecule has 2 aromatic heterocycles. The molecule has 0 saturated heterocycles. The molecule has 1 aromatic carbocycles. The van der Waals surface area contributed by atoms with Gasteiger partial charge in [0.05, 0.1) is 23.3 Å². The van der Waals surface area contributed by atoms with Gasteiger partial charge in [0.1, 0.15) is 17.3 Å². The van der Waals surface area contributed by atoms with Crippen LogP contribution >= 0.6 is 0 Å². The highest BCUT2D eigenvalue weighted by Crippen LogP contribution is 2.40. The summed E-state index contributed by atoms with van der Waals surface area (Å²) in [5.74, 6) is -1.84. The van der Waals surface area contributed by atoms with E-state index in [0.717, 1.165) is 19.3 Å². The molecular weight excluding hydrogens is 404 g/mol. The Hall–Kier alpha value is -3.01. The predicted molar refractivity (Wildman–Crippen MR) is 101 cm³/mol. The molecule has 1 aliphatic rings. The zero-order chi connectivity index (χ0) is 21.5. The lowest BCUT2D eigenvalue weighted by Crippen LogP contribution is -2.36. The van der Waals surface area contributed by atoms with E-state index in [-0.39, 0.29) is 11.7 Å². The van der Waals surface area contributed by atoms with E-state index in [4.69, 9.17) is 0 Å². The van der Waals surface area contributed by atoms with Gasteiger partial charge in [-0.2, -0.15) is 13.2 Å². The number of alkyl halides is 3. The van der Waals surface area contributed by atoms with E-state index in [1.807, 2.05) is 0 Å². The Morgan fingerprint density at radius 2 is 1.83 bits per heavy atom. The molecule has 1 saturated carbocycles. The molecule has 1 fully saturated rings. The van der Waals surface area contributed by atoms with Crippen molar-refractivity contribution in [2.24, 2.45) is 0 Å². The number of halogens is 4. The van der Waals surface area contributed by atoms with Crippen molar-refractivity contribution < 1.29 is 27.8 Å². The first-order valence-corrected chi connectivity index (χ1v) is 9.41. The normalized spacial score (nSPS) is 19.8. The number of rotatable bonds is 3. The molecule has 6 nitrogen and oxygen atoms in total. The first-order chi connectivity index (χ1) is 14.3.